The number of thiazole rings is 1. The molecule has 90 valence electrons. The number of aryl methyl sites for hydroxylation is 1. The highest BCUT2D eigenvalue weighted by Crippen LogP contribution is 2.32. The standard InChI is InChI=1S/C12H20N2S2/c1-13-6-2-5-11-9-16-12(14-11)10-4-3-7-15-8-10/h9-10,13H,2-8H2,1H3. The summed E-state index contributed by atoms with van der Waals surface area (Å²) in [5, 5.41) is 6.82. The lowest BCUT2D eigenvalue weighted by Gasteiger charge is -2.18. The van der Waals surface area contributed by atoms with Crippen molar-refractivity contribution in [3.63, 3.8) is 0 Å². The van der Waals surface area contributed by atoms with Gasteiger partial charge in [0.2, 0.25) is 0 Å². The Morgan fingerprint density at radius 3 is 3.25 bits per heavy atom. The number of hydrogen-bond acceptors (Lipinski definition) is 4. The molecule has 1 N–H and O–H groups in total. The molecule has 4 heteroatoms. The second-order valence-corrected chi connectivity index (χ2v) is 6.34. The normalized spacial score (nSPS) is 21.2. The first-order chi connectivity index (χ1) is 7.90. The monoisotopic (exact) mass is 256 g/mol. The van der Waals surface area contributed by atoms with E-state index in [4.69, 9.17) is 4.98 Å². The van der Waals surface area contributed by atoms with Gasteiger partial charge in [0.15, 0.2) is 0 Å². The summed E-state index contributed by atoms with van der Waals surface area (Å²) >= 11 is 3.95. The molecule has 0 saturated carbocycles. The van der Waals surface area contributed by atoms with Gasteiger partial charge in [0.25, 0.3) is 0 Å². The van der Waals surface area contributed by atoms with E-state index in [0.29, 0.717) is 0 Å². The Hall–Kier alpha value is -0.0600. The molecule has 0 bridgehead atoms. The second kappa shape index (κ2) is 6.62. The van der Waals surface area contributed by atoms with Gasteiger partial charge in [-0.25, -0.2) is 4.98 Å². The molecule has 0 aromatic carbocycles. The topological polar surface area (TPSA) is 24.9 Å². The van der Waals surface area contributed by atoms with Crippen LogP contribution >= 0.6 is 23.1 Å². The Balaban J connectivity index is 1.85. The lowest BCUT2D eigenvalue weighted by molar-refractivity contribution is 0.650. The van der Waals surface area contributed by atoms with E-state index >= 15 is 0 Å². The number of aromatic nitrogens is 1. The van der Waals surface area contributed by atoms with E-state index in [0.717, 1.165) is 18.9 Å². The number of rotatable bonds is 5. The van der Waals surface area contributed by atoms with Crippen molar-refractivity contribution >= 4 is 23.1 Å². The van der Waals surface area contributed by atoms with Gasteiger partial charge >= 0.3 is 0 Å². The first kappa shape index (κ1) is 12.4. The summed E-state index contributed by atoms with van der Waals surface area (Å²) in [5.41, 5.74) is 1.30. The van der Waals surface area contributed by atoms with Gasteiger partial charge in [-0.05, 0) is 45.0 Å². The summed E-state index contributed by atoms with van der Waals surface area (Å²) in [5.74, 6) is 3.36. The lowest BCUT2D eigenvalue weighted by atomic mass is 10.1. The molecule has 2 heterocycles. The van der Waals surface area contributed by atoms with E-state index in [1.807, 2.05) is 18.4 Å². The van der Waals surface area contributed by atoms with Gasteiger partial charge in [0, 0.05) is 17.1 Å². The Morgan fingerprint density at radius 1 is 1.56 bits per heavy atom. The summed E-state index contributed by atoms with van der Waals surface area (Å²) in [4.78, 5) is 4.78. The van der Waals surface area contributed by atoms with Crippen LogP contribution in [0.5, 0.6) is 0 Å². The number of nitrogens with one attached hydrogen (secondary N) is 1. The molecular weight excluding hydrogens is 236 g/mol. The average Bonchev–Trinajstić information content (AvgIpc) is 2.79. The maximum atomic E-state index is 4.78. The van der Waals surface area contributed by atoms with E-state index in [9.17, 15) is 0 Å². The van der Waals surface area contributed by atoms with Crippen LogP contribution in [0.3, 0.4) is 0 Å². The highest BCUT2D eigenvalue weighted by atomic mass is 32.2. The molecule has 1 aliphatic rings. The first-order valence-electron chi connectivity index (χ1n) is 6.07. The van der Waals surface area contributed by atoms with Crippen LogP contribution in [0.2, 0.25) is 0 Å². The summed E-state index contributed by atoms with van der Waals surface area (Å²) in [6.07, 6.45) is 5.02. The second-order valence-electron chi connectivity index (χ2n) is 4.30. The quantitative estimate of drug-likeness (QED) is 0.820. The molecule has 1 aliphatic heterocycles. The fourth-order valence-corrected chi connectivity index (χ4v) is 4.25. The zero-order valence-corrected chi connectivity index (χ0v) is 11.5. The highest BCUT2D eigenvalue weighted by molar-refractivity contribution is 7.99. The van der Waals surface area contributed by atoms with Gasteiger partial charge < -0.3 is 5.32 Å². The molecule has 2 rings (SSSR count). The van der Waals surface area contributed by atoms with E-state index in [1.165, 1.54) is 41.5 Å². The van der Waals surface area contributed by atoms with Crippen LogP contribution in [0.1, 0.15) is 35.9 Å². The number of thioether (sulfide) groups is 1. The van der Waals surface area contributed by atoms with Crippen molar-refractivity contribution in [3.8, 4) is 0 Å². The molecular formula is C12H20N2S2. The van der Waals surface area contributed by atoms with Gasteiger partial charge in [-0.1, -0.05) is 0 Å². The van der Waals surface area contributed by atoms with E-state index < -0.39 is 0 Å². The molecule has 1 saturated heterocycles. The zero-order chi connectivity index (χ0) is 11.2. The molecule has 0 radical (unpaired) electrons. The van der Waals surface area contributed by atoms with Crippen LogP contribution in [-0.4, -0.2) is 30.1 Å². The molecule has 0 amide bonds. The van der Waals surface area contributed by atoms with Crippen LogP contribution in [0.25, 0.3) is 0 Å². The van der Waals surface area contributed by atoms with Gasteiger partial charge in [-0.15, -0.1) is 11.3 Å². The maximum Gasteiger partial charge on any atom is 0.0967 e. The first-order valence-corrected chi connectivity index (χ1v) is 8.10. The molecule has 1 aromatic heterocycles. The third kappa shape index (κ3) is 3.47. The van der Waals surface area contributed by atoms with Crippen molar-refractivity contribution < 1.29 is 0 Å². The summed E-state index contributed by atoms with van der Waals surface area (Å²) in [6, 6.07) is 0. The van der Waals surface area contributed by atoms with Gasteiger partial charge in [-0.2, -0.15) is 11.8 Å². The Morgan fingerprint density at radius 2 is 2.50 bits per heavy atom. The summed E-state index contributed by atoms with van der Waals surface area (Å²) in [7, 11) is 2.01. The molecule has 2 nitrogen and oxygen atoms in total. The molecule has 1 aromatic rings. The fourth-order valence-electron chi connectivity index (χ4n) is 2.01. The van der Waals surface area contributed by atoms with Crippen molar-refractivity contribution in [2.24, 2.45) is 0 Å². The van der Waals surface area contributed by atoms with Crippen molar-refractivity contribution in [2.75, 3.05) is 25.1 Å². The van der Waals surface area contributed by atoms with Gasteiger partial charge in [0.1, 0.15) is 0 Å². The van der Waals surface area contributed by atoms with Crippen molar-refractivity contribution in [1.29, 1.82) is 0 Å². The van der Waals surface area contributed by atoms with Gasteiger partial charge in [-0.3, -0.25) is 0 Å². The molecule has 16 heavy (non-hydrogen) atoms. The van der Waals surface area contributed by atoms with Crippen LogP contribution in [0.4, 0.5) is 0 Å². The smallest absolute Gasteiger partial charge is 0.0967 e. The fraction of sp³-hybridized carbons (Fsp3) is 0.750. The molecule has 0 aliphatic carbocycles. The van der Waals surface area contributed by atoms with Crippen LogP contribution < -0.4 is 5.32 Å². The molecule has 0 spiro atoms. The third-order valence-corrected chi connectivity index (χ3v) is 5.21. The number of hydrogen-bond donors (Lipinski definition) is 1. The Bertz CT molecular complexity index is 306. The van der Waals surface area contributed by atoms with Crippen LogP contribution in [-0.2, 0) is 6.42 Å². The predicted octanol–water partition coefficient (Wildman–Crippen LogP) is 2.91. The third-order valence-electron chi connectivity index (χ3n) is 2.94. The van der Waals surface area contributed by atoms with Crippen LogP contribution in [0, 0.1) is 0 Å². The summed E-state index contributed by atoms with van der Waals surface area (Å²) in [6.45, 7) is 1.09. The van der Waals surface area contributed by atoms with Gasteiger partial charge in [0.05, 0.1) is 10.7 Å². The summed E-state index contributed by atoms with van der Waals surface area (Å²) < 4.78 is 0. The Labute approximate surface area is 106 Å². The minimum Gasteiger partial charge on any atom is -0.320 e. The largest absolute Gasteiger partial charge is 0.320 e. The van der Waals surface area contributed by atoms with E-state index in [2.05, 4.69) is 22.5 Å². The maximum absolute atomic E-state index is 4.78. The molecule has 1 unspecified atom stereocenters. The minimum atomic E-state index is 0.738. The predicted molar refractivity (Wildman–Crippen MR) is 73.7 cm³/mol. The van der Waals surface area contributed by atoms with Crippen molar-refractivity contribution in [3.05, 3.63) is 16.1 Å². The molecule has 1 fully saturated rings. The number of nitrogens with zero attached hydrogens (tertiary/aromatic N) is 1. The average molecular weight is 256 g/mol. The van der Waals surface area contributed by atoms with E-state index in [1.54, 1.807) is 0 Å². The Kier molecular flexibility index (Phi) is 5.13. The molecule has 1 atom stereocenters. The lowest BCUT2D eigenvalue weighted by Crippen LogP contribution is -2.09. The highest BCUT2D eigenvalue weighted by Gasteiger charge is 2.18. The van der Waals surface area contributed by atoms with Crippen molar-refractivity contribution in [2.45, 2.75) is 31.6 Å². The van der Waals surface area contributed by atoms with E-state index in [-0.39, 0.29) is 0 Å². The SMILES string of the molecule is CNCCCc1csc(C2CCCSC2)n1. The van der Waals surface area contributed by atoms with Crippen LogP contribution in [0.15, 0.2) is 5.38 Å². The van der Waals surface area contributed by atoms with Crippen molar-refractivity contribution in [1.82, 2.24) is 10.3 Å². The zero-order valence-electron chi connectivity index (χ0n) is 9.87. The minimum absolute atomic E-state index is 0.738.